The molecule has 144 valence electrons. The van der Waals surface area contributed by atoms with Crippen LogP contribution < -0.4 is 5.56 Å². The van der Waals surface area contributed by atoms with Crippen LogP contribution in [-0.4, -0.2) is 38.6 Å². The molecule has 2 aromatic heterocycles. The topological polar surface area (TPSA) is 75.4 Å². The molecule has 27 heavy (non-hydrogen) atoms. The average Bonchev–Trinajstić information content (AvgIpc) is 3.27. The molecule has 0 aromatic carbocycles. The van der Waals surface area contributed by atoms with Crippen LogP contribution in [0.1, 0.15) is 59.4 Å². The Balaban J connectivity index is 1.84. The molecule has 2 aromatic rings. The van der Waals surface area contributed by atoms with Gasteiger partial charge in [0.05, 0.1) is 0 Å². The van der Waals surface area contributed by atoms with E-state index in [1.54, 1.807) is 27.9 Å². The summed E-state index contributed by atoms with van der Waals surface area (Å²) < 4.78 is 1.78. The second-order valence-corrected chi connectivity index (χ2v) is 9.13. The molecule has 0 spiro atoms. The molecule has 4 rings (SSSR count). The molecule has 0 bridgehead atoms. The fourth-order valence-electron chi connectivity index (χ4n) is 4.53. The van der Waals surface area contributed by atoms with Crippen LogP contribution in [0, 0.1) is 6.92 Å². The van der Waals surface area contributed by atoms with E-state index in [9.17, 15) is 14.7 Å². The molecule has 0 saturated heterocycles. The summed E-state index contributed by atoms with van der Waals surface area (Å²) in [5.74, 6) is -0.236. The van der Waals surface area contributed by atoms with Crippen LogP contribution in [0.2, 0.25) is 0 Å². The van der Waals surface area contributed by atoms with E-state index in [4.69, 9.17) is 0 Å². The van der Waals surface area contributed by atoms with Gasteiger partial charge in [-0.05, 0) is 43.7 Å². The monoisotopic (exact) mass is 387 g/mol. The minimum atomic E-state index is -0.706. The number of aromatic nitrogens is 2. The van der Waals surface area contributed by atoms with Crippen LogP contribution in [0.3, 0.4) is 0 Å². The first-order valence-corrected chi connectivity index (χ1v) is 10.4. The molecule has 7 heteroatoms. The molecule has 1 amide bonds. The lowest BCUT2D eigenvalue weighted by Gasteiger charge is -2.36. The zero-order valence-electron chi connectivity index (χ0n) is 16.0. The zero-order valence-corrected chi connectivity index (χ0v) is 16.8. The number of hydrogen-bond donors (Lipinski definition) is 1. The number of aromatic hydroxyl groups is 1. The Bertz CT molecular complexity index is 956. The van der Waals surface area contributed by atoms with Gasteiger partial charge in [-0.25, -0.2) is 0 Å². The molecule has 1 N–H and O–H groups in total. The minimum Gasteiger partial charge on any atom is -0.501 e. The van der Waals surface area contributed by atoms with Crippen molar-refractivity contribution in [1.29, 1.82) is 0 Å². The molecule has 1 aliphatic carbocycles. The SMILES string of the molecule is Cc1cc(C2(Cc3nc(=O)c(O)c4n3C[C@H](C)N(C)C4=O)CCCC2)cs1. The Kier molecular flexibility index (Phi) is 4.37. The molecular formula is C20H25N3O3S. The molecule has 2 aliphatic rings. The average molecular weight is 388 g/mol. The van der Waals surface area contributed by atoms with Crippen LogP contribution in [0.4, 0.5) is 0 Å². The number of carbonyl (C=O) groups is 1. The Morgan fingerprint density at radius 1 is 1.33 bits per heavy atom. The molecule has 0 unspecified atom stereocenters. The fraction of sp³-hybridized carbons (Fsp3) is 0.550. The number of likely N-dealkylation sites (N-methyl/N-ethyl adjacent to an activating group) is 1. The van der Waals surface area contributed by atoms with Gasteiger partial charge in [0.2, 0.25) is 5.75 Å². The first kappa shape index (κ1) is 18.2. The van der Waals surface area contributed by atoms with Gasteiger partial charge in [0.15, 0.2) is 5.69 Å². The number of hydrogen-bond acceptors (Lipinski definition) is 5. The van der Waals surface area contributed by atoms with Crippen LogP contribution >= 0.6 is 11.3 Å². The van der Waals surface area contributed by atoms with E-state index in [1.165, 1.54) is 10.4 Å². The van der Waals surface area contributed by atoms with Gasteiger partial charge < -0.3 is 14.6 Å². The summed E-state index contributed by atoms with van der Waals surface area (Å²) in [6, 6.07) is 2.23. The first-order chi connectivity index (χ1) is 12.8. The van der Waals surface area contributed by atoms with Gasteiger partial charge in [-0.15, -0.1) is 11.3 Å². The molecule has 1 aliphatic heterocycles. The zero-order chi connectivity index (χ0) is 19.3. The van der Waals surface area contributed by atoms with Crippen LogP contribution in [0.25, 0.3) is 0 Å². The Labute approximate surface area is 162 Å². The number of amides is 1. The lowest BCUT2D eigenvalue weighted by molar-refractivity contribution is 0.0660. The summed E-state index contributed by atoms with van der Waals surface area (Å²) in [5, 5.41) is 12.5. The number of rotatable bonds is 3. The van der Waals surface area contributed by atoms with Crippen molar-refractivity contribution in [3.05, 3.63) is 43.8 Å². The standard InChI is InChI=1S/C20H25N3O3S/c1-12-10-23-15(21-18(25)17(24)16(23)19(26)22(12)3)9-20(6-4-5-7-20)14-8-13(2)27-11-14/h8,11-12,24H,4-7,9-10H2,1-3H3/t12-/m0/s1. The van der Waals surface area contributed by atoms with Gasteiger partial charge in [-0.2, -0.15) is 4.98 Å². The van der Waals surface area contributed by atoms with Crippen molar-refractivity contribution < 1.29 is 9.90 Å². The van der Waals surface area contributed by atoms with Crippen LogP contribution in [-0.2, 0) is 18.4 Å². The van der Waals surface area contributed by atoms with Crippen LogP contribution in [0.5, 0.6) is 5.75 Å². The highest BCUT2D eigenvalue weighted by Crippen LogP contribution is 2.45. The third-order valence-electron chi connectivity index (χ3n) is 6.27. The molecule has 1 atom stereocenters. The summed E-state index contributed by atoms with van der Waals surface area (Å²) >= 11 is 1.75. The maximum Gasteiger partial charge on any atom is 0.315 e. The highest BCUT2D eigenvalue weighted by molar-refractivity contribution is 7.10. The van der Waals surface area contributed by atoms with Crippen molar-refractivity contribution in [2.24, 2.45) is 0 Å². The van der Waals surface area contributed by atoms with Gasteiger partial charge in [0.1, 0.15) is 5.82 Å². The number of thiophene rings is 1. The number of nitrogens with zero attached hydrogens (tertiary/aromatic N) is 3. The molecule has 1 saturated carbocycles. The third-order valence-corrected chi connectivity index (χ3v) is 7.13. The Morgan fingerprint density at radius 2 is 2.04 bits per heavy atom. The lowest BCUT2D eigenvalue weighted by atomic mass is 9.77. The second-order valence-electron chi connectivity index (χ2n) is 8.02. The quantitative estimate of drug-likeness (QED) is 0.879. The maximum atomic E-state index is 12.7. The molecular weight excluding hydrogens is 362 g/mol. The van der Waals surface area contributed by atoms with Crippen molar-refractivity contribution >= 4 is 17.2 Å². The Hall–Kier alpha value is -2.15. The normalized spacial score (nSPS) is 21.5. The lowest BCUT2D eigenvalue weighted by Crippen LogP contribution is -2.47. The largest absolute Gasteiger partial charge is 0.501 e. The van der Waals surface area contributed by atoms with E-state index in [2.05, 4.69) is 23.4 Å². The van der Waals surface area contributed by atoms with E-state index in [0.717, 1.165) is 25.7 Å². The van der Waals surface area contributed by atoms with Gasteiger partial charge in [0, 0.05) is 36.3 Å². The smallest absolute Gasteiger partial charge is 0.315 e. The van der Waals surface area contributed by atoms with E-state index >= 15 is 0 Å². The minimum absolute atomic E-state index is 0.0182. The predicted molar refractivity (Wildman–Crippen MR) is 105 cm³/mol. The summed E-state index contributed by atoms with van der Waals surface area (Å²) in [5.41, 5.74) is 0.645. The van der Waals surface area contributed by atoms with E-state index in [-0.39, 0.29) is 23.1 Å². The van der Waals surface area contributed by atoms with Gasteiger partial charge in [0.25, 0.3) is 5.91 Å². The van der Waals surface area contributed by atoms with Gasteiger partial charge in [-0.1, -0.05) is 12.8 Å². The van der Waals surface area contributed by atoms with Crippen molar-refractivity contribution in [3.8, 4) is 5.75 Å². The molecule has 1 fully saturated rings. The fourth-order valence-corrected chi connectivity index (χ4v) is 5.36. The van der Waals surface area contributed by atoms with Gasteiger partial charge in [-0.3, -0.25) is 9.59 Å². The van der Waals surface area contributed by atoms with Crippen molar-refractivity contribution in [1.82, 2.24) is 14.5 Å². The van der Waals surface area contributed by atoms with Crippen molar-refractivity contribution in [2.75, 3.05) is 7.05 Å². The van der Waals surface area contributed by atoms with Crippen molar-refractivity contribution in [2.45, 2.75) is 64.0 Å². The Morgan fingerprint density at radius 3 is 2.67 bits per heavy atom. The van der Waals surface area contributed by atoms with Crippen LogP contribution in [0.15, 0.2) is 16.2 Å². The van der Waals surface area contributed by atoms with E-state index < -0.39 is 11.3 Å². The third kappa shape index (κ3) is 2.88. The predicted octanol–water partition coefficient (Wildman–Crippen LogP) is 2.85. The first-order valence-electron chi connectivity index (χ1n) is 9.48. The number of aryl methyl sites for hydroxylation is 1. The molecule has 6 nitrogen and oxygen atoms in total. The summed E-state index contributed by atoms with van der Waals surface area (Å²) in [7, 11) is 1.70. The summed E-state index contributed by atoms with van der Waals surface area (Å²) in [4.78, 5) is 32.1. The second kappa shape index (κ2) is 6.48. The maximum absolute atomic E-state index is 12.7. The molecule has 3 heterocycles. The summed E-state index contributed by atoms with van der Waals surface area (Å²) in [6.45, 7) is 4.61. The number of fused-ring (bicyclic) bond motifs is 1. The van der Waals surface area contributed by atoms with Gasteiger partial charge >= 0.3 is 5.56 Å². The summed E-state index contributed by atoms with van der Waals surface area (Å²) in [6.07, 6.45) is 5.04. The van der Waals surface area contributed by atoms with Crippen molar-refractivity contribution in [3.63, 3.8) is 0 Å². The molecule has 0 radical (unpaired) electrons. The highest BCUT2D eigenvalue weighted by atomic mass is 32.1. The van der Waals surface area contributed by atoms with E-state index in [0.29, 0.717) is 18.8 Å². The van der Waals surface area contributed by atoms with E-state index in [1.807, 2.05) is 6.92 Å². The highest BCUT2D eigenvalue weighted by Gasteiger charge is 2.40. The number of carbonyl (C=O) groups excluding carboxylic acids is 1.